The van der Waals surface area contributed by atoms with E-state index in [-0.39, 0.29) is 5.84 Å². The number of carbonyl (C=O) groups is 1. The zero-order chi connectivity index (χ0) is 16.8. The first-order valence-corrected chi connectivity index (χ1v) is 7.08. The summed E-state index contributed by atoms with van der Waals surface area (Å²) in [5.41, 5.74) is -2.49. The number of carbonyl (C=O) groups excluding carboxylic acids is 1. The van der Waals surface area contributed by atoms with Crippen molar-refractivity contribution in [2.75, 3.05) is 0 Å². The Morgan fingerprint density at radius 2 is 1.87 bits per heavy atom. The van der Waals surface area contributed by atoms with Gasteiger partial charge in [-0.15, -0.1) is 0 Å². The van der Waals surface area contributed by atoms with E-state index in [1.165, 1.54) is 0 Å². The first-order valence-electron chi connectivity index (χ1n) is 7.08. The van der Waals surface area contributed by atoms with Crippen molar-refractivity contribution in [1.29, 1.82) is 15.9 Å². The fourth-order valence-electron chi connectivity index (χ4n) is 3.45. The molecule has 2 aliphatic rings. The summed E-state index contributed by atoms with van der Waals surface area (Å²) in [4.78, 5) is 12.6. The van der Waals surface area contributed by atoms with Crippen molar-refractivity contribution >= 4 is 11.7 Å². The molecule has 0 aliphatic carbocycles. The Bertz CT molecular complexity index is 830. The lowest BCUT2D eigenvalue weighted by atomic mass is 9.57. The van der Waals surface area contributed by atoms with Crippen LogP contribution in [0.15, 0.2) is 41.7 Å². The minimum absolute atomic E-state index is 0.299. The van der Waals surface area contributed by atoms with Gasteiger partial charge in [-0.1, -0.05) is 30.3 Å². The summed E-state index contributed by atoms with van der Waals surface area (Å²) in [5.74, 6) is -0.518. The number of rotatable bonds is 1. The van der Waals surface area contributed by atoms with Crippen molar-refractivity contribution < 1.29 is 9.53 Å². The first kappa shape index (κ1) is 14.8. The molecular formula is C17H14N4O2. The summed E-state index contributed by atoms with van der Waals surface area (Å²) < 4.78 is 5.91. The topological polar surface area (TPSA) is 110 Å². The number of amidine groups is 1. The number of hydrogen-bond donors (Lipinski definition) is 2. The molecule has 0 saturated carbocycles. The second kappa shape index (κ2) is 4.69. The molecule has 3 atom stereocenters. The molecule has 2 heterocycles. The van der Waals surface area contributed by atoms with E-state index < -0.39 is 22.8 Å². The predicted molar refractivity (Wildman–Crippen MR) is 80.6 cm³/mol. The van der Waals surface area contributed by atoms with Gasteiger partial charge in [-0.25, -0.2) is 0 Å². The second-order valence-electron chi connectivity index (χ2n) is 5.70. The van der Waals surface area contributed by atoms with Crippen molar-refractivity contribution in [1.82, 2.24) is 5.32 Å². The second-order valence-corrected chi connectivity index (χ2v) is 5.70. The van der Waals surface area contributed by atoms with Crippen LogP contribution in [-0.2, 0) is 9.53 Å². The van der Waals surface area contributed by atoms with Gasteiger partial charge in [0.1, 0.15) is 5.84 Å². The Labute approximate surface area is 133 Å². The van der Waals surface area contributed by atoms with Crippen LogP contribution in [0.4, 0.5) is 0 Å². The standard InChI is InChI=1S/C17H14N4O2/c1-10-11(2)23-13(12-6-4-3-5-7-12)17(9-19)14(20)21-15(22)16(10,17)8-18/h3-7,13H,1-2H3,(H2,20,21,22)/t13-,16-,17+/m0/s1. The molecule has 2 aliphatic heterocycles. The van der Waals surface area contributed by atoms with Crippen LogP contribution in [0, 0.1) is 38.9 Å². The lowest BCUT2D eigenvalue weighted by Gasteiger charge is -2.44. The van der Waals surface area contributed by atoms with Crippen LogP contribution in [0.5, 0.6) is 0 Å². The highest BCUT2D eigenvalue weighted by atomic mass is 16.5. The molecule has 1 fully saturated rings. The van der Waals surface area contributed by atoms with Gasteiger partial charge < -0.3 is 10.1 Å². The number of nitrogens with one attached hydrogen (secondary N) is 2. The van der Waals surface area contributed by atoms with Crippen LogP contribution in [0.25, 0.3) is 0 Å². The summed E-state index contributed by atoms with van der Waals surface area (Å²) in [6, 6.07) is 13.0. The number of benzene rings is 1. The predicted octanol–water partition coefficient (Wildman–Crippen LogP) is 2.18. The highest BCUT2D eigenvalue weighted by molar-refractivity contribution is 6.16. The van der Waals surface area contributed by atoms with Gasteiger partial charge in [0, 0.05) is 0 Å². The number of allylic oxidation sites excluding steroid dienone is 1. The van der Waals surface area contributed by atoms with Gasteiger partial charge in [-0.05, 0) is 25.0 Å². The van der Waals surface area contributed by atoms with Gasteiger partial charge in [0.25, 0.3) is 5.91 Å². The van der Waals surface area contributed by atoms with E-state index >= 15 is 0 Å². The van der Waals surface area contributed by atoms with Crippen LogP contribution in [0.2, 0.25) is 0 Å². The molecule has 1 saturated heterocycles. The quantitative estimate of drug-likeness (QED) is 0.828. The van der Waals surface area contributed by atoms with E-state index in [0.717, 1.165) is 0 Å². The minimum atomic E-state index is -1.76. The number of nitriles is 2. The van der Waals surface area contributed by atoms with Crippen LogP contribution in [0.3, 0.4) is 0 Å². The normalized spacial score (nSPS) is 32.4. The molecule has 3 rings (SSSR count). The summed E-state index contributed by atoms with van der Waals surface area (Å²) in [6.45, 7) is 3.27. The summed E-state index contributed by atoms with van der Waals surface area (Å²) in [7, 11) is 0. The van der Waals surface area contributed by atoms with Crippen molar-refractivity contribution in [3.8, 4) is 12.1 Å². The molecule has 114 valence electrons. The first-order chi connectivity index (χ1) is 11.0. The van der Waals surface area contributed by atoms with Crippen molar-refractivity contribution in [3.63, 3.8) is 0 Å². The molecule has 0 aromatic heterocycles. The minimum Gasteiger partial charge on any atom is -0.488 e. The summed E-state index contributed by atoms with van der Waals surface area (Å²) >= 11 is 0. The van der Waals surface area contributed by atoms with E-state index in [9.17, 15) is 15.3 Å². The van der Waals surface area contributed by atoms with Gasteiger partial charge in [-0.3, -0.25) is 10.2 Å². The maximum absolute atomic E-state index is 12.6. The van der Waals surface area contributed by atoms with Gasteiger partial charge >= 0.3 is 0 Å². The maximum atomic E-state index is 12.6. The lowest BCUT2D eigenvalue weighted by Crippen LogP contribution is -2.51. The van der Waals surface area contributed by atoms with E-state index in [1.807, 2.05) is 12.1 Å². The zero-order valence-corrected chi connectivity index (χ0v) is 12.7. The SMILES string of the molecule is CC1=C(C)[C@@]2(C#N)C(=O)NC(=N)[C@@]2(C#N)[C@H](c2ccccc2)O1. The molecule has 1 aromatic carbocycles. The van der Waals surface area contributed by atoms with Gasteiger partial charge in [-0.2, -0.15) is 10.5 Å². The van der Waals surface area contributed by atoms with E-state index in [1.54, 1.807) is 38.1 Å². The van der Waals surface area contributed by atoms with Crippen LogP contribution >= 0.6 is 0 Å². The van der Waals surface area contributed by atoms with Gasteiger partial charge in [0.2, 0.25) is 0 Å². The highest BCUT2D eigenvalue weighted by Gasteiger charge is 2.73. The van der Waals surface area contributed by atoms with Crippen LogP contribution in [0.1, 0.15) is 25.5 Å². The number of nitrogens with zero attached hydrogens (tertiary/aromatic N) is 2. The monoisotopic (exact) mass is 306 g/mol. The zero-order valence-electron chi connectivity index (χ0n) is 12.7. The van der Waals surface area contributed by atoms with Crippen LogP contribution in [-0.4, -0.2) is 11.7 Å². The molecule has 1 amide bonds. The number of fused-ring (bicyclic) bond motifs is 1. The number of ether oxygens (including phenoxy) is 1. The average molecular weight is 306 g/mol. The van der Waals surface area contributed by atoms with Crippen LogP contribution < -0.4 is 5.32 Å². The molecule has 2 N–H and O–H groups in total. The van der Waals surface area contributed by atoms with E-state index in [0.29, 0.717) is 16.9 Å². The number of amides is 1. The summed E-state index contributed by atoms with van der Waals surface area (Å²) in [5, 5.41) is 30.4. The Balaban J connectivity index is 2.39. The number of hydrogen-bond acceptors (Lipinski definition) is 5. The van der Waals surface area contributed by atoms with Gasteiger partial charge in [0.15, 0.2) is 16.9 Å². The molecule has 6 nitrogen and oxygen atoms in total. The molecule has 6 heteroatoms. The molecule has 0 radical (unpaired) electrons. The van der Waals surface area contributed by atoms with E-state index in [4.69, 9.17) is 10.1 Å². The Kier molecular flexibility index (Phi) is 3.02. The molecule has 23 heavy (non-hydrogen) atoms. The fraction of sp³-hybridized carbons (Fsp3) is 0.294. The third-order valence-corrected chi connectivity index (χ3v) is 4.79. The highest BCUT2D eigenvalue weighted by Crippen LogP contribution is 2.60. The molecule has 0 bridgehead atoms. The third kappa shape index (κ3) is 1.50. The maximum Gasteiger partial charge on any atom is 0.252 e. The van der Waals surface area contributed by atoms with E-state index in [2.05, 4.69) is 11.4 Å². The van der Waals surface area contributed by atoms with Gasteiger partial charge in [0.05, 0.1) is 17.9 Å². The largest absolute Gasteiger partial charge is 0.488 e. The van der Waals surface area contributed by atoms with Crippen molar-refractivity contribution in [3.05, 3.63) is 47.2 Å². The fourth-order valence-corrected chi connectivity index (χ4v) is 3.45. The molecule has 1 aromatic rings. The molecule has 0 spiro atoms. The Morgan fingerprint density at radius 3 is 2.43 bits per heavy atom. The Hall–Kier alpha value is -3.12. The van der Waals surface area contributed by atoms with Crippen molar-refractivity contribution in [2.45, 2.75) is 20.0 Å². The molecular weight excluding hydrogens is 292 g/mol. The van der Waals surface area contributed by atoms with Crippen molar-refractivity contribution in [2.24, 2.45) is 10.8 Å². The smallest absolute Gasteiger partial charge is 0.252 e. The summed E-state index contributed by atoms with van der Waals surface area (Å²) in [6.07, 6.45) is -0.913. The Morgan fingerprint density at radius 1 is 1.22 bits per heavy atom. The average Bonchev–Trinajstić information content (AvgIpc) is 2.80. The third-order valence-electron chi connectivity index (χ3n) is 4.79. The molecule has 0 unspecified atom stereocenters. The lowest BCUT2D eigenvalue weighted by molar-refractivity contribution is -0.129.